The third-order valence-corrected chi connectivity index (χ3v) is 6.89. The quantitative estimate of drug-likeness (QED) is 0.845. The molecule has 2 aliphatic heterocycles. The minimum atomic E-state index is 0.783. The van der Waals surface area contributed by atoms with E-state index >= 15 is 0 Å². The molecule has 2 heterocycles. The number of hydrogen-bond acceptors (Lipinski definition) is 2. The van der Waals surface area contributed by atoms with Gasteiger partial charge in [0.2, 0.25) is 0 Å². The van der Waals surface area contributed by atoms with E-state index in [1.165, 1.54) is 51.5 Å². The van der Waals surface area contributed by atoms with Crippen LogP contribution in [-0.4, -0.2) is 36.6 Å². The van der Waals surface area contributed by atoms with E-state index < -0.39 is 0 Å². The molecule has 21 heavy (non-hydrogen) atoms. The minimum Gasteiger partial charge on any atom is -0.313 e. The molecule has 3 rings (SSSR count). The van der Waals surface area contributed by atoms with Crippen LogP contribution in [0.25, 0.3) is 0 Å². The lowest BCUT2D eigenvalue weighted by Gasteiger charge is -2.41. The molecule has 2 heteroatoms. The van der Waals surface area contributed by atoms with Crippen molar-refractivity contribution in [2.75, 3.05) is 13.6 Å². The monoisotopic (exact) mass is 292 g/mol. The predicted octanol–water partition coefficient (Wildman–Crippen LogP) is 3.91. The minimum absolute atomic E-state index is 0.783. The Morgan fingerprint density at radius 1 is 1.00 bits per heavy atom. The zero-order valence-corrected chi connectivity index (χ0v) is 14.6. The summed E-state index contributed by atoms with van der Waals surface area (Å²) in [4.78, 5) is 2.66. The van der Waals surface area contributed by atoms with Gasteiger partial charge in [0, 0.05) is 18.1 Å². The van der Waals surface area contributed by atoms with Crippen LogP contribution in [0.5, 0.6) is 0 Å². The van der Waals surface area contributed by atoms with Gasteiger partial charge in [0.15, 0.2) is 0 Å². The highest BCUT2D eigenvalue weighted by atomic mass is 15.2. The molecule has 122 valence electrons. The van der Waals surface area contributed by atoms with Crippen molar-refractivity contribution in [3.05, 3.63) is 0 Å². The molecule has 2 saturated heterocycles. The summed E-state index contributed by atoms with van der Waals surface area (Å²) in [6.45, 7) is 8.57. The molecule has 5 atom stereocenters. The molecular formula is C19H36N2. The number of piperidine rings is 1. The van der Waals surface area contributed by atoms with Crippen molar-refractivity contribution in [2.24, 2.45) is 23.7 Å². The van der Waals surface area contributed by atoms with Gasteiger partial charge in [-0.3, -0.25) is 0 Å². The molecule has 0 aromatic rings. The van der Waals surface area contributed by atoms with Crippen LogP contribution < -0.4 is 5.32 Å². The van der Waals surface area contributed by atoms with Crippen molar-refractivity contribution in [3.8, 4) is 0 Å². The standard InChI is InChI=1S/C19H36N2/c1-13(2)18-8-5-14(3)9-19(18)20-12-15-10-16-6-7-17(11-15)21(16)4/h13-20H,5-12H2,1-4H3. The third kappa shape index (κ3) is 3.47. The molecule has 3 aliphatic rings. The topological polar surface area (TPSA) is 15.3 Å². The van der Waals surface area contributed by atoms with Crippen LogP contribution in [0.3, 0.4) is 0 Å². The molecule has 0 spiro atoms. The molecule has 0 aromatic carbocycles. The average Bonchev–Trinajstić information content (AvgIpc) is 2.67. The van der Waals surface area contributed by atoms with Gasteiger partial charge in [0.05, 0.1) is 0 Å². The highest BCUT2D eigenvalue weighted by Gasteiger charge is 2.39. The Balaban J connectivity index is 1.51. The first-order chi connectivity index (χ1) is 10.0. The van der Waals surface area contributed by atoms with Crippen molar-refractivity contribution in [3.63, 3.8) is 0 Å². The van der Waals surface area contributed by atoms with E-state index in [0.717, 1.165) is 41.8 Å². The van der Waals surface area contributed by atoms with Crippen molar-refractivity contribution < 1.29 is 0 Å². The fourth-order valence-electron chi connectivity index (χ4n) is 5.45. The highest BCUT2D eigenvalue weighted by Crippen LogP contribution is 2.38. The molecule has 0 aromatic heterocycles. The van der Waals surface area contributed by atoms with Gasteiger partial charge in [-0.05, 0) is 75.8 Å². The summed E-state index contributed by atoms with van der Waals surface area (Å²) in [5.41, 5.74) is 0. The van der Waals surface area contributed by atoms with Crippen LogP contribution in [-0.2, 0) is 0 Å². The van der Waals surface area contributed by atoms with Gasteiger partial charge < -0.3 is 10.2 Å². The van der Waals surface area contributed by atoms with Gasteiger partial charge in [-0.15, -0.1) is 0 Å². The second kappa shape index (κ2) is 6.58. The SMILES string of the molecule is CC1CCC(C(C)C)C(NCC2CC3CCC(C2)N3C)C1. The molecular weight excluding hydrogens is 256 g/mol. The second-order valence-corrected chi connectivity index (χ2v) is 8.73. The first-order valence-electron chi connectivity index (χ1n) is 9.50. The van der Waals surface area contributed by atoms with Crippen molar-refractivity contribution in [2.45, 2.75) is 83.8 Å². The Morgan fingerprint density at radius 3 is 2.29 bits per heavy atom. The van der Waals surface area contributed by atoms with E-state index in [9.17, 15) is 0 Å². The summed E-state index contributed by atoms with van der Waals surface area (Å²) < 4.78 is 0. The zero-order chi connectivity index (χ0) is 15.0. The summed E-state index contributed by atoms with van der Waals surface area (Å²) >= 11 is 0. The number of fused-ring (bicyclic) bond motifs is 2. The van der Waals surface area contributed by atoms with Gasteiger partial charge in [0.25, 0.3) is 0 Å². The summed E-state index contributed by atoms with van der Waals surface area (Å²) in [6.07, 6.45) is 10.1. The Labute approximate surface area is 132 Å². The zero-order valence-electron chi connectivity index (χ0n) is 14.6. The molecule has 5 unspecified atom stereocenters. The van der Waals surface area contributed by atoms with E-state index in [1.807, 2.05) is 0 Å². The van der Waals surface area contributed by atoms with Crippen molar-refractivity contribution >= 4 is 0 Å². The smallest absolute Gasteiger partial charge is 0.0100 e. The predicted molar refractivity (Wildman–Crippen MR) is 90.4 cm³/mol. The van der Waals surface area contributed by atoms with E-state index in [0.29, 0.717) is 0 Å². The van der Waals surface area contributed by atoms with E-state index in [-0.39, 0.29) is 0 Å². The average molecular weight is 293 g/mol. The van der Waals surface area contributed by atoms with Gasteiger partial charge >= 0.3 is 0 Å². The summed E-state index contributed by atoms with van der Waals surface area (Å²) in [5, 5.41) is 4.02. The molecule has 3 fully saturated rings. The van der Waals surface area contributed by atoms with Crippen LogP contribution in [0.4, 0.5) is 0 Å². The normalized spacial score (nSPS) is 44.4. The Kier molecular flexibility index (Phi) is 4.95. The van der Waals surface area contributed by atoms with E-state index in [2.05, 4.69) is 38.0 Å². The number of rotatable bonds is 4. The highest BCUT2D eigenvalue weighted by molar-refractivity contribution is 4.94. The summed E-state index contributed by atoms with van der Waals surface area (Å²) in [7, 11) is 2.35. The number of nitrogens with one attached hydrogen (secondary N) is 1. The van der Waals surface area contributed by atoms with Gasteiger partial charge in [-0.2, -0.15) is 0 Å². The lowest BCUT2D eigenvalue weighted by molar-refractivity contribution is 0.118. The lowest BCUT2D eigenvalue weighted by Crippen LogP contribution is -2.47. The molecule has 1 saturated carbocycles. The Morgan fingerprint density at radius 2 is 1.67 bits per heavy atom. The molecule has 2 nitrogen and oxygen atoms in total. The second-order valence-electron chi connectivity index (χ2n) is 8.73. The van der Waals surface area contributed by atoms with Gasteiger partial charge in [-0.25, -0.2) is 0 Å². The lowest BCUT2D eigenvalue weighted by atomic mass is 9.74. The maximum atomic E-state index is 4.02. The molecule has 0 radical (unpaired) electrons. The van der Waals surface area contributed by atoms with Gasteiger partial charge in [0.1, 0.15) is 0 Å². The molecule has 1 N–H and O–H groups in total. The Hall–Kier alpha value is -0.0800. The van der Waals surface area contributed by atoms with Crippen molar-refractivity contribution in [1.82, 2.24) is 10.2 Å². The summed E-state index contributed by atoms with van der Waals surface area (Å²) in [5.74, 6) is 3.60. The maximum Gasteiger partial charge on any atom is 0.0100 e. The fourth-order valence-corrected chi connectivity index (χ4v) is 5.45. The first-order valence-corrected chi connectivity index (χ1v) is 9.50. The first kappa shape index (κ1) is 15.8. The molecule has 2 bridgehead atoms. The van der Waals surface area contributed by atoms with Crippen LogP contribution in [0.15, 0.2) is 0 Å². The number of nitrogens with zero attached hydrogens (tertiary/aromatic N) is 1. The molecule has 0 amide bonds. The fraction of sp³-hybridized carbons (Fsp3) is 1.00. The van der Waals surface area contributed by atoms with Crippen LogP contribution in [0.1, 0.15) is 65.7 Å². The van der Waals surface area contributed by atoms with Crippen LogP contribution >= 0.6 is 0 Å². The maximum absolute atomic E-state index is 4.02. The van der Waals surface area contributed by atoms with Crippen molar-refractivity contribution in [1.29, 1.82) is 0 Å². The van der Waals surface area contributed by atoms with Crippen LogP contribution in [0.2, 0.25) is 0 Å². The number of hydrogen-bond donors (Lipinski definition) is 1. The Bertz CT molecular complexity index is 326. The molecule has 1 aliphatic carbocycles. The van der Waals surface area contributed by atoms with E-state index in [1.54, 1.807) is 0 Å². The van der Waals surface area contributed by atoms with Crippen LogP contribution in [0, 0.1) is 23.7 Å². The summed E-state index contributed by atoms with van der Waals surface area (Å²) in [6, 6.07) is 2.56. The van der Waals surface area contributed by atoms with Gasteiger partial charge in [-0.1, -0.05) is 27.2 Å². The largest absolute Gasteiger partial charge is 0.313 e. The third-order valence-electron chi connectivity index (χ3n) is 6.89. The van der Waals surface area contributed by atoms with E-state index in [4.69, 9.17) is 0 Å².